The fourth-order valence-electron chi connectivity index (χ4n) is 4.47. The molecule has 4 rings (SSSR count). The first-order valence-corrected chi connectivity index (χ1v) is 12.1. The number of H-pyrrole nitrogens is 1. The Hall–Kier alpha value is -2.91. The molecule has 4 N–H and O–H groups in total. The fourth-order valence-corrected chi connectivity index (χ4v) is 4.88. The number of piperidine rings is 1. The van der Waals surface area contributed by atoms with Crippen LogP contribution >= 0.6 is 15.9 Å². The van der Waals surface area contributed by atoms with Gasteiger partial charge in [-0.15, -0.1) is 0 Å². The molecular weight excluding hydrogens is 503 g/mol. The highest BCUT2D eigenvalue weighted by Crippen LogP contribution is 2.25. The second-order valence-corrected chi connectivity index (χ2v) is 9.44. The molecule has 0 aliphatic carbocycles. The Morgan fingerprint density at radius 3 is 2.71 bits per heavy atom. The van der Waals surface area contributed by atoms with Gasteiger partial charge in [-0.1, -0.05) is 15.9 Å². The van der Waals surface area contributed by atoms with Gasteiger partial charge in [-0.05, 0) is 74.3 Å². The highest BCUT2D eigenvalue weighted by atomic mass is 79.9. The van der Waals surface area contributed by atoms with Crippen LogP contribution in [-0.4, -0.2) is 49.1 Å². The summed E-state index contributed by atoms with van der Waals surface area (Å²) in [5.74, 6) is -0.108. The molecule has 1 aromatic heterocycles. The Kier molecular flexibility index (Phi) is 7.53. The van der Waals surface area contributed by atoms with Crippen molar-refractivity contribution >= 4 is 38.6 Å². The molecular formula is C25H28BrFN4O3. The number of benzene rings is 2. The summed E-state index contributed by atoms with van der Waals surface area (Å²) in [6, 6.07) is 10.1. The SMILES string of the molecule is COc1ccc(Br)cc1CC(=O)NC1(C(=O)NCCc2c[nH]c3ccc(F)cc23)CCNCC1. The Labute approximate surface area is 206 Å². The molecule has 2 amide bonds. The summed E-state index contributed by atoms with van der Waals surface area (Å²) in [4.78, 5) is 29.4. The van der Waals surface area contributed by atoms with Crippen LogP contribution in [0.2, 0.25) is 0 Å². The lowest BCUT2D eigenvalue weighted by Crippen LogP contribution is -2.63. The topological polar surface area (TPSA) is 95.2 Å². The number of amides is 2. The van der Waals surface area contributed by atoms with E-state index < -0.39 is 5.54 Å². The normalized spacial score (nSPS) is 15.1. The monoisotopic (exact) mass is 530 g/mol. The standard InChI is InChI=1S/C25H28BrFN4O3/c1-34-22-5-2-18(26)12-17(22)13-23(32)31-25(7-10-28-11-8-25)24(33)29-9-6-16-15-30-21-4-3-19(27)14-20(16)21/h2-5,12,14-15,28,30H,6-11,13H2,1H3,(H,29,33)(H,31,32). The van der Waals surface area contributed by atoms with Gasteiger partial charge < -0.3 is 25.7 Å². The van der Waals surface area contributed by atoms with E-state index in [0.29, 0.717) is 44.6 Å². The van der Waals surface area contributed by atoms with Crippen LogP contribution in [-0.2, 0) is 22.4 Å². The molecule has 0 bridgehead atoms. The van der Waals surface area contributed by atoms with Crippen LogP contribution in [0.3, 0.4) is 0 Å². The van der Waals surface area contributed by atoms with Gasteiger partial charge in [0.05, 0.1) is 13.5 Å². The quantitative estimate of drug-likeness (QED) is 0.359. The van der Waals surface area contributed by atoms with E-state index in [1.165, 1.54) is 12.1 Å². The summed E-state index contributed by atoms with van der Waals surface area (Å²) in [6.45, 7) is 1.65. The van der Waals surface area contributed by atoms with Gasteiger partial charge in [0.1, 0.15) is 17.1 Å². The lowest BCUT2D eigenvalue weighted by molar-refractivity contribution is -0.134. The number of nitrogens with one attached hydrogen (secondary N) is 4. The molecule has 1 fully saturated rings. The maximum Gasteiger partial charge on any atom is 0.245 e. The zero-order valence-electron chi connectivity index (χ0n) is 19.0. The van der Waals surface area contributed by atoms with Crippen LogP contribution in [0.15, 0.2) is 47.1 Å². The van der Waals surface area contributed by atoms with Gasteiger partial charge in [-0.25, -0.2) is 4.39 Å². The zero-order chi connectivity index (χ0) is 24.1. The molecule has 0 saturated carbocycles. The van der Waals surface area contributed by atoms with Crippen molar-refractivity contribution in [1.82, 2.24) is 20.9 Å². The molecule has 1 aliphatic rings. The van der Waals surface area contributed by atoms with Crippen LogP contribution in [0.25, 0.3) is 10.9 Å². The molecule has 1 saturated heterocycles. The second kappa shape index (κ2) is 10.6. The summed E-state index contributed by atoms with van der Waals surface area (Å²) in [5, 5.41) is 10.1. The number of ether oxygens (including phenoxy) is 1. The minimum atomic E-state index is -0.978. The minimum Gasteiger partial charge on any atom is -0.496 e. The van der Waals surface area contributed by atoms with Crippen molar-refractivity contribution < 1.29 is 18.7 Å². The first-order valence-electron chi connectivity index (χ1n) is 11.3. The van der Waals surface area contributed by atoms with Gasteiger partial charge in [0.15, 0.2) is 0 Å². The minimum absolute atomic E-state index is 0.103. The zero-order valence-corrected chi connectivity index (χ0v) is 20.6. The van der Waals surface area contributed by atoms with E-state index in [1.54, 1.807) is 19.2 Å². The van der Waals surface area contributed by atoms with Gasteiger partial charge in [-0.2, -0.15) is 0 Å². The fraction of sp³-hybridized carbons (Fsp3) is 0.360. The summed E-state index contributed by atoms with van der Waals surface area (Å²) in [5.41, 5.74) is 1.55. The molecule has 180 valence electrons. The summed E-state index contributed by atoms with van der Waals surface area (Å²) in [7, 11) is 1.56. The van der Waals surface area contributed by atoms with Crippen molar-refractivity contribution in [2.45, 2.75) is 31.2 Å². The van der Waals surface area contributed by atoms with Crippen molar-refractivity contribution in [1.29, 1.82) is 0 Å². The van der Waals surface area contributed by atoms with Crippen molar-refractivity contribution in [3.05, 3.63) is 64.0 Å². The van der Waals surface area contributed by atoms with E-state index in [4.69, 9.17) is 4.74 Å². The van der Waals surface area contributed by atoms with Gasteiger partial charge in [0.25, 0.3) is 0 Å². The molecule has 1 aliphatic heterocycles. The number of hydrogen-bond donors (Lipinski definition) is 4. The van der Waals surface area contributed by atoms with E-state index in [-0.39, 0.29) is 24.1 Å². The Bertz CT molecular complexity index is 1190. The van der Waals surface area contributed by atoms with Crippen molar-refractivity contribution in [2.75, 3.05) is 26.7 Å². The van der Waals surface area contributed by atoms with Crippen LogP contribution in [0.5, 0.6) is 5.75 Å². The number of rotatable bonds is 8. The molecule has 0 unspecified atom stereocenters. The number of halogens is 2. The first-order chi connectivity index (χ1) is 16.4. The van der Waals surface area contributed by atoms with Crippen LogP contribution in [0.4, 0.5) is 4.39 Å². The number of carbonyl (C=O) groups is 2. The van der Waals surface area contributed by atoms with Crippen LogP contribution in [0, 0.1) is 5.82 Å². The van der Waals surface area contributed by atoms with Crippen LogP contribution < -0.4 is 20.7 Å². The average molecular weight is 531 g/mol. The lowest BCUT2D eigenvalue weighted by Gasteiger charge is -2.37. The smallest absolute Gasteiger partial charge is 0.245 e. The lowest BCUT2D eigenvalue weighted by atomic mass is 9.86. The molecule has 9 heteroatoms. The van der Waals surface area contributed by atoms with Crippen molar-refractivity contribution in [3.8, 4) is 5.75 Å². The highest BCUT2D eigenvalue weighted by molar-refractivity contribution is 9.10. The first kappa shape index (κ1) is 24.2. The second-order valence-electron chi connectivity index (χ2n) is 8.52. The van der Waals surface area contributed by atoms with E-state index in [1.807, 2.05) is 18.3 Å². The third kappa shape index (κ3) is 5.42. The van der Waals surface area contributed by atoms with E-state index in [9.17, 15) is 14.0 Å². The maximum absolute atomic E-state index is 13.6. The Balaban J connectivity index is 1.42. The molecule has 2 aromatic carbocycles. The summed E-state index contributed by atoms with van der Waals surface area (Å²) < 4.78 is 19.9. The number of methoxy groups -OCH3 is 1. The molecule has 0 atom stereocenters. The van der Waals surface area contributed by atoms with E-state index in [0.717, 1.165) is 26.5 Å². The van der Waals surface area contributed by atoms with Gasteiger partial charge in [-0.3, -0.25) is 9.59 Å². The number of hydrogen-bond acceptors (Lipinski definition) is 4. The highest BCUT2D eigenvalue weighted by Gasteiger charge is 2.40. The Morgan fingerprint density at radius 2 is 1.94 bits per heavy atom. The van der Waals surface area contributed by atoms with E-state index in [2.05, 4.69) is 36.9 Å². The third-order valence-corrected chi connectivity index (χ3v) is 6.77. The predicted molar refractivity (Wildman–Crippen MR) is 132 cm³/mol. The van der Waals surface area contributed by atoms with Gasteiger partial charge in [0, 0.05) is 33.7 Å². The molecule has 3 aromatic rings. The average Bonchev–Trinajstić information content (AvgIpc) is 3.21. The van der Waals surface area contributed by atoms with E-state index >= 15 is 0 Å². The predicted octanol–water partition coefficient (Wildman–Crippen LogP) is 3.22. The maximum atomic E-state index is 13.6. The summed E-state index contributed by atoms with van der Waals surface area (Å²) >= 11 is 3.43. The third-order valence-electron chi connectivity index (χ3n) is 6.27. The van der Waals surface area contributed by atoms with Gasteiger partial charge >= 0.3 is 0 Å². The van der Waals surface area contributed by atoms with Crippen LogP contribution in [0.1, 0.15) is 24.0 Å². The molecule has 0 spiro atoms. The molecule has 34 heavy (non-hydrogen) atoms. The largest absolute Gasteiger partial charge is 0.496 e. The summed E-state index contributed by atoms with van der Waals surface area (Å²) in [6.07, 6.45) is 3.49. The van der Waals surface area contributed by atoms with Crippen molar-refractivity contribution in [2.24, 2.45) is 0 Å². The van der Waals surface area contributed by atoms with Gasteiger partial charge in [0.2, 0.25) is 11.8 Å². The number of aromatic nitrogens is 1. The number of fused-ring (bicyclic) bond motifs is 1. The molecule has 7 nitrogen and oxygen atoms in total. The number of carbonyl (C=O) groups excluding carboxylic acids is 2. The molecule has 2 heterocycles. The molecule has 0 radical (unpaired) electrons. The Morgan fingerprint density at radius 1 is 1.15 bits per heavy atom. The van der Waals surface area contributed by atoms with Crippen molar-refractivity contribution in [3.63, 3.8) is 0 Å². The number of aromatic amines is 1.